The summed E-state index contributed by atoms with van der Waals surface area (Å²) in [5.41, 5.74) is 0.653. The second kappa shape index (κ2) is 5.27. The van der Waals surface area contributed by atoms with E-state index in [9.17, 15) is 9.59 Å². The molecule has 0 N–H and O–H groups in total. The lowest BCUT2D eigenvalue weighted by molar-refractivity contribution is -0.180. The number of likely N-dealkylation sites (tertiary alicyclic amines) is 1. The summed E-state index contributed by atoms with van der Waals surface area (Å²) in [4.78, 5) is 26.1. The summed E-state index contributed by atoms with van der Waals surface area (Å²) in [5, 5.41) is 0. The van der Waals surface area contributed by atoms with Gasteiger partial charge in [0.2, 0.25) is 5.91 Å². The Hall–Kier alpha value is -1.84. The minimum Gasteiger partial charge on any atom is -0.465 e. The molecule has 4 heteroatoms. The number of amides is 1. The first-order valence-corrected chi connectivity index (χ1v) is 6.92. The molecular formula is C16H21NO3. The van der Waals surface area contributed by atoms with E-state index in [1.165, 1.54) is 0 Å². The Balaban J connectivity index is 2.34. The van der Waals surface area contributed by atoms with Crippen molar-refractivity contribution >= 4 is 11.9 Å². The molecule has 1 amide bonds. The number of hydrogen-bond donors (Lipinski definition) is 0. The molecular weight excluding hydrogens is 254 g/mol. The van der Waals surface area contributed by atoms with E-state index in [4.69, 9.17) is 4.74 Å². The molecule has 2 atom stereocenters. The zero-order chi connectivity index (χ0) is 14.9. The lowest BCUT2D eigenvalue weighted by Gasteiger charge is -2.52. The Morgan fingerprint density at radius 2 is 1.85 bits per heavy atom. The molecule has 1 aromatic carbocycles. The van der Waals surface area contributed by atoms with Gasteiger partial charge in [0.05, 0.1) is 12.6 Å². The van der Waals surface area contributed by atoms with Gasteiger partial charge in [0.1, 0.15) is 0 Å². The first-order valence-electron chi connectivity index (χ1n) is 6.92. The largest absolute Gasteiger partial charge is 0.465 e. The Morgan fingerprint density at radius 3 is 2.35 bits per heavy atom. The van der Waals surface area contributed by atoms with Gasteiger partial charge in [0, 0.05) is 5.54 Å². The third kappa shape index (κ3) is 2.42. The van der Waals surface area contributed by atoms with Crippen molar-refractivity contribution in [2.24, 2.45) is 5.92 Å². The van der Waals surface area contributed by atoms with Crippen LogP contribution in [0.5, 0.6) is 0 Å². The van der Waals surface area contributed by atoms with E-state index in [2.05, 4.69) is 0 Å². The van der Waals surface area contributed by atoms with Crippen molar-refractivity contribution in [2.75, 3.05) is 6.61 Å². The van der Waals surface area contributed by atoms with Crippen molar-refractivity contribution in [3.63, 3.8) is 0 Å². The van der Waals surface area contributed by atoms with E-state index >= 15 is 0 Å². The van der Waals surface area contributed by atoms with E-state index in [0.717, 1.165) is 5.56 Å². The maximum atomic E-state index is 12.3. The van der Waals surface area contributed by atoms with Crippen molar-refractivity contribution in [2.45, 2.75) is 39.3 Å². The minimum atomic E-state index is -0.712. The monoisotopic (exact) mass is 275 g/mol. The van der Waals surface area contributed by atoms with Gasteiger partial charge in [-0.1, -0.05) is 30.3 Å². The smallest absolute Gasteiger partial charge is 0.321 e. The zero-order valence-corrected chi connectivity index (χ0v) is 12.4. The fourth-order valence-electron chi connectivity index (χ4n) is 2.69. The van der Waals surface area contributed by atoms with Crippen LogP contribution >= 0.6 is 0 Å². The number of β-lactam (4-membered cyclic amide) rings is 1. The molecule has 0 aromatic heterocycles. The van der Waals surface area contributed by atoms with E-state index < -0.39 is 11.9 Å². The normalized spacial score (nSPS) is 22.4. The van der Waals surface area contributed by atoms with E-state index in [1.54, 1.807) is 11.8 Å². The molecule has 0 unspecified atom stereocenters. The van der Waals surface area contributed by atoms with Gasteiger partial charge < -0.3 is 9.64 Å². The molecule has 20 heavy (non-hydrogen) atoms. The number of nitrogens with zero attached hydrogens (tertiary/aromatic N) is 1. The molecule has 0 saturated carbocycles. The molecule has 0 radical (unpaired) electrons. The van der Waals surface area contributed by atoms with Gasteiger partial charge in [-0.3, -0.25) is 9.59 Å². The fraction of sp³-hybridized carbons (Fsp3) is 0.500. The lowest BCUT2D eigenvalue weighted by atomic mass is 9.78. The zero-order valence-electron chi connectivity index (χ0n) is 12.4. The molecule has 0 spiro atoms. The van der Waals surface area contributed by atoms with Crippen LogP contribution in [0.15, 0.2) is 30.3 Å². The van der Waals surface area contributed by atoms with Crippen molar-refractivity contribution in [1.82, 2.24) is 4.90 Å². The van der Waals surface area contributed by atoms with E-state index in [0.29, 0.717) is 6.61 Å². The number of esters is 1. The van der Waals surface area contributed by atoms with Gasteiger partial charge in [0.15, 0.2) is 5.92 Å². The number of benzene rings is 1. The van der Waals surface area contributed by atoms with Crippen molar-refractivity contribution in [3.8, 4) is 0 Å². The predicted molar refractivity (Wildman–Crippen MR) is 75.9 cm³/mol. The molecule has 1 heterocycles. The topological polar surface area (TPSA) is 46.6 Å². The van der Waals surface area contributed by atoms with Gasteiger partial charge in [0.25, 0.3) is 0 Å². The third-order valence-corrected chi connectivity index (χ3v) is 3.50. The molecule has 4 nitrogen and oxygen atoms in total. The first-order chi connectivity index (χ1) is 9.38. The lowest BCUT2D eigenvalue weighted by Crippen LogP contribution is -2.64. The highest BCUT2D eigenvalue weighted by molar-refractivity contribution is 6.04. The van der Waals surface area contributed by atoms with Crippen LogP contribution in [0, 0.1) is 5.92 Å². The summed E-state index contributed by atoms with van der Waals surface area (Å²) in [6.45, 7) is 7.96. The van der Waals surface area contributed by atoms with Crippen molar-refractivity contribution in [3.05, 3.63) is 35.9 Å². The van der Waals surface area contributed by atoms with Crippen LogP contribution in [0.3, 0.4) is 0 Å². The maximum Gasteiger partial charge on any atom is 0.321 e. The van der Waals surface area contributed by atoms with Crippen molar-refractivity contribution < 1.29 is 14.3 Å². The predicted octanol–water partition coefficient (Wildman–Crippen LogP) is 2.55. The number of carbonyl (C=O) groups is 2. The summed E-state index contributed by atoms with van der Waals surface area (Å²) in [7, 11) is 0. The van der Waals surface area contributed by atoms with Crippen LogP contribution in [-0.2, 0) is 14.3 Å². The standard InChI is InChI=1S/C16H21NO3/c1-5-20-15(19)12-13(11-9-7-6-8-10-11)17(14(12)18)16(2,3)4/h6-10,12-13H,5H2,1-4H3/t12-,13-/m1/s1. The Bertz CT molecular complexity index is 504. The summed E-state index contributed by atoms with van der Waals surface area (Å²) in [5.74, 6) is -1.28. The summed E-state index contributed by atoms with van der Waals surface area (Å²) in [6.07, 6.45) is 0. The van der Waals surface area contributed by atoms with Gasteiger partial charge >= 0.3 is 5.97 Å². The van der Waals surface area contributed by atoms with Crippen LogP contribution < -0.4 is 0 Å². The van der Waals surface area contributed by atoms with Gasteiger partial charge in [-0.2, -0.15) is 0 Å². The molecule has 2 rings (SSSR count). The maximum absolute atomic E-state index is 12.3. The second-order valence-electron chi connectivity index (χ2n) is 5.96. The molecule has 1 aromatic rings. The first kappa shape index (κ1) is 14.6. The van der Waals surface area contributed by atoms with Crippen LogP contribution in [0.2, 0.25) is 0 Å². The van der Waals surface area contributed by atoms with Gasteiger partial charge in [-0.05, 0) is 33.3 Å². The molecule has 1 aliphatic rings. The average molecular weight is 275 g/mol. The minimum absolute atomic E-state index is 0.148. The highest BCUT2D eigenvalue weighted by Gasteiger charge is 2.56. The molecule has 108 valence electrons. The SMILES string of the molecule is CCOC(=O)[C@H]1C(=O)N(C(C)(C)C)[C@@H]1c1ccccc1. The highest BCUT2D eigenvalue weighted by atomic mass is 16.5. The van der Waals surface area contributed by atoms with Crippen LogP contribution in [0.1, 0.15) is 39.3 Å². The number of hydrogen-bond acceptors (Lipinski definition) is 3. The number of rotatable bonds is 3. The summed E-state index contributed by atoms with van der Waals surface area (Å²) < 4.78 is 5.04. The fourth-order valence-corrected chi connectivity index (χ4v) is 2.69. The van der Waals surface area contributed by atoms with Gasteiger partial charge in [-0.15, -0.1) is 0 Å². The quantitative estimate of drug-likeness (QED) is 0.484. The molecule has 1 aliphatic heterocycles. The third-order valence-electron chi connectivity index (χ3n) is 3.50. The number of ether oxygens (including phenoxy) is 1. The Kier molecular flexibility index (Phi) is 3.84. The summed E-state index contributed by atoms with van der Waals surface area (Å²) in [6, 6.07) is 9.42. The molecule has 0 aliphatic carbocycles. The van der Waals surface area contributed by atoms with Crippen molar-refractivity contribution in [1.29, 1.82) is 0 Å². The van der Waals surface area contributed by atoms with Crippen LogP contribution in [0.4, 0.5) is 0 Å². The Labute approximate surface area is 119 Å². The highest BCUT2D eigenvalue weighted by Crippen LogP contribution is 2.45. The average Bonchev–Trinajstić information content (AvgIpc) is 2.35. The van der Waals surface area contributed by atoms with Gasteiger partial charge in [-0.25, -0.2) is 0 Å². The van der Waals surface area contributed by atoms with E-state index in [-0.39, 0.29) is 17.5 Å². The number of carbonyl (C=O) groups excluding carboxylic acids is 2. The summed E-state index contributed by atoms with van der Waals surface area (Å²) >= 11 is 0. The molecule has 1 saturated heterocycles. The molecule has 1 fully saturated rings. The molecule has 0 bridgehead atoms. The van der Waals surface area contributed by atoms with E-state index in [1.807, 2.05) is 51.1 Å². The van der Waals surface area contributed by atoms with Crippen LogP contribution in [-0.4, -0.2) is 28.9 Å². The Morgan fingerprint density at radius 1 is 1.25 bits per heavy atom. The van der Waals surface area contributed by atoms with Crippen LogP contribution in [0.25, 0.3) is 0 Å². The second-order valence-corrected chi connectivity index (χ2v) is 5.96.